The third-order valence-corrected chi connectivity index (χ3v) is 6.06. The van der Waals surface area contributed by atoms with E-state index >= 15 is 0 Å². The molecule has 0 spiro atoms. The molecule has 0 saturated carbocycles. The molecule has 0 aliphatic carbocycles. The predicted molar refractivity (Wildman–Crippen MR) is 128 cm³/mol. The maximum absolute atomic E-state index is 13.1. The van der Waals surface area contributed by atoms with Gasteiger partial charge in [0.25, 0.3) is 11.1 Å². The molecule has 0 aliphatic rings. The molecule has 0 N–H and O–H groups in total. The Labute approximate surface area is 194 Å². The summed E-state index contributed by atoms with van der Waals surface area (Å²) in [6.45, 7) is 5.03. The minimum atomic E-state index is -0.206. The summed E-state index contributed by atoms with van der Waals surface area (Å²) in [6, 6.07) is 12.2. The van der Waals surface area contributed by atoms with Gasteiger partial charge in [0.05, 0.1) is 27.7 Å². The minimum absolute atomic E-state index is 0.0798. The molecule has 166 valence electrons. The van der Waals surface area contributed by atoms with Crippen molar-refractivity contribution in [2.75, 3.05) is 6.61 Å². The number of rotatable bonds is 8. The molecule has 1 aromatic carbocycles. The lowest BCUT2D eigenvalue weighted by molar-refractivity contribution is 0.0743. The number of aromatic nitrogens is 4. The molecule has 0 radical (unpaired) electrons. The van der Waals surface area contributed by atoms with Crippen LogP contribution in [-0.4, -0.2) is 31.6 Å². The Kier molecular flexibility index (Phi) is 6.93. The average molecular weight is 471 g/mol. The molecule has 4 rings (SSSR count). The Morgan fingerprint density at radius 3 is 2.75 bits per heavy atom. The van der Waals surface area contributed by atoms with Crippen LogP contribution < -0.4 is 11.1 Å². The quantitative estimate of drug-likeness (QED) is 0.218. The highest BCUT2D eigenvalue weighted by Gasteiger charge is 2.13. The molecular weight excluding hydrogens is 448 g/mol. The average Bonchev–Trinajstić information content (AvgIpc) is 2.77. The van der Waals surface area contributed by atoms with Gasteiger partial charge in [-0.05, 0) is 44.5 Å². The zero-order chi connectivity index (χ0) is 22.7. The highest BCUT2D eigenvalue weighted by molar-refractivity contribution is 7.98. The number of hydrogen-bond acceptors (Lipinski definition) is 6. The smallest absolute Gasteiger partial charge is 0.262 e. The fourth-order valence-electron chi connectivity index (χ4n) is 3.34. The fraction of sp³-hybridized carbons (Fsp3) is 0.304. The van der Waals surface area contributed by atoms with Crippen molar-refractivity contribution in [3.05, 3.63) is 80.1 Å². The van der Waals surface area contributed by atoms with Gasteiger partial charge in [0, 0.05) is 31.2 Å². The van der Waals surface area contributed by atoms with Crippen LogP contribution in [0.5, 0.6) is 0 Å². The number of fused-ring (bicyclic) bond motifs is 2. The zero-order valence-electron chi connectivity index (χ0n) is 17.8. The first kappa shape index (κ1) is 22.5. The molecule has 0 atom stereocenters. The SMILES string of the molecule is CC(C)OCCCn1c(SCc2cc(=O)n3cc(Cl)ccc3n2)nc2ccccc2c1=O. The second-order valence-corrected chi connectivity index (χ2v) is 8.97. The van der Waals surface area contributed by atoms with E-state index in [9.17, 15) is 9.59 Å². The third-order valence-electron chi connectivity index (χ3n) is 4.83. The van der Waals surface area contributed by atoms with Crippen LogP contribution in [0.2, 0.25) is 5.02 Å². The summed E-state index contributed by atoms with van der Waals surface area (Å²) in [4.78, 5) is 34.9. The molecule has 0 bridgehead atoms. The zero-order valence-corrected chi connectivity index (χ0v) is 19.4. The number of pyridine rings is 1. The molecule has 4 aromatic rings. The Morgan fingerprint density at radius 1 is 1.12 bits per heavy atom. The molecule has 0 aliphatic heterocycles. The highest BCUT2D eigenvalue weighted by Crippen LogP contribution is 2.22. The van der Waals surface area contributed by atoms with E-state index in [-0.39, 0.29) is 17.2 Å². The van der Waals surface area contributed by atoms with Crippen molar-refractivity contribution in [2.45, 2.75) is 43.8 Å². The van der Waals surface area contributed by atoms with E-state index in [1.165, 1.54) is 22.2 Å². The fourth-order valence-corrected chi connectivity index (χ4v) is 4.41. The van der Waals surface area contributed by atoms with Gasteiger partial charge in [-0.25, -0.2) is 9.97 Å². The van der Waals surface area contributed by atoms with Crippen molar-refractivity contribution in [1.82, 2.24) is 18.9 Å². The topological polar surface area (TPSA) is 78.5 Å². The minimum Gasteiger partial charge on any atom is -0.379 e. The van der Waals surface area contributed by atoms with E-state index in [4.69, 9.17) is 21.3 Å². The number of halogens is 1. The van der Waals surface area contributed by atoms with Gasteiger partial charge < -0.3 is 4.74 Å². The number of hydrogen-bond donors (Lipinski definition) is 0. The summed E-state index contributed by atoms with van der Waals surface area (Å²) >= 11 is 7.37. The summed E-state index contributed by atoms with van der Waals surface area (Å²) in [7, 11) is 0. The van der Waals surface area contributed by atoms with Crippen LogP contribution in [0.4, 0.5) is 0 Å². The van der Waals surface area contributed by atoms with Crippen molar-refractivity contribution in [3.63, 3.8) is 0 Å². The van der Waals surface area contributed by atoms with Crippen molar-refractivity contribution in [3.8, 4) is 0 Å². The van der Waals surface area contributed by atoms with Crippen LogP contribution in [0, 0.1) is 0 Å². The summed E-state index contributed by atoms with van der Waals surface area (Å²) in [5.41, 5.74) is 1.49. The first-order valence-corrected chi connectivity index (χ1v) is 11.7. The molecule has 32 heavy (non-hydrogen) atoms. The van der Waals surface area contributed by atoms with Crippen LogP contribution >= 0.6 is 23.4 Å². The maximum atomic E-state index is 13.1. The third kappa shape index (κ3) is 5.03. The van der Waals surface area contributed by atoms with Crippen molar-refractivity contribution in [1.29, 1.82) is 0 Å². The highest BCUT2D eigenvalue weighted by atomic mass is 35.5. The van der Waals surface area contributed by atoms with Gasteiger partial charge in [0.15, 0.2) is 5.16 Å². The van der Waals surface area contributed by atoms with Crippen molar-refractivity contribution < 1.29 is 4.74 Å². The lowest BCUT2D eigenvalue weighted by atomic mass is 10.2. The molecule has 3 heterocycles. The van der Waals surface area contributed by atoms with Crippen LogP contribution in [-0.2, 0) is 17.0 Å². The van der Waals surface area contributed by atoms with E-state index in [0.717, 1.165) is 0 Å². The Morgan fingerprint density at radius 2 is 1.94 bits per heavy atom. The van der Waals surface area contributed by atoms with Gasteiger partial charge in [-0.15, -0.1) is 0 Å². The standard InChI is InChI=1S/C23H23ClN4O3S/c1-15(2)31-11-5-10-27-22(30)18-6-3-4-7-19(18)26-23(27)32-14-17-12-21(29)28-13-16(24)8-9-20(28)25-17/h3-4,6-9,12-13,15H,5,10-11,14H2,1-2H3. The van der Waals surface area contributed by atoms with E-state index in [1.807, 2.05) is 32.0 Å². The van der Waals surface area contributed by atoms with Crippen LogP contribution in [0.15, 0.2) is 63.4 Å². The molecule has 0 fully saturated rings. The van der Waals surface area contributed by atoms with E-state index in [0.29, 0.717) is 57.7 Å². The maximum Gasteiger partial charge on any atom is 0.262 e. The van der Waals surface area contributed by atoms with Gasteiger partial charge in [0.2, 0.25) is 0 Å². The Bertz CT molecular complexity index is 1380. The van der Waals surface area contributed by atoms with E-state index < -0.39 is 0 Å². The lowest BCUT2D eigenvalue weighted by Crippen LogP contribution is -2.24. The second kappa shape index (κ2) is 9.85. The number of nitrogens with zero attached hydrogens (tertiary/aromatic N) is 4. The Balaban J connectivity index is 1.63. The van der Waals surface area contributed by atoms with Crippen molar-refractivity contribution >= 4 is 39.9 Å². The number of ether oxygens (including phenoxy) is 1. The molecule has 3 aromatic heterocycles. The molecule has 0 unspecified atom stereocenters. The summed E-state index contributed by atoms with van der Waals surface area (Å²) in [5, 5.41) is 1.64. The second-order valence-electron chi connectivity index (χ2n) is 7.59. The molecule has 7 nitrogen and oxygen atoms in total. The number of thioether (sulfide) groups is 1. The molecular formula is C23H23ClN4O3S. The van der Waals surface area contributed by atoms with Crippen LogP contribution in [0.1, 0.15) is 26.0 Å². The lowest BCUT2D eigenvalue weighted by Gasteiger charge is -2.14. The van der Waals surface area contributed by atoms with Gasteiger partial charge in [-0.2, -0.15) is 0 Å². The number of para-hydroxylation sites is 1. The monoisotopic (exact) mass is 470 g/mol. The van der Waals surface area contributed by atoms with Crippen LogP contribution in [0.25, 0.3) is 16.6 Å². The summed E-state index contributed by atoms with van der Waals surface area (Å²) < 4.78 is 8.72. The molecule has 9 heteroatoms. The number of benzene rings is 1. The molecule has 0 amide bonds. The van der Waals surface area contributed by atoms with Crippen molar-refractivity contribution in [2.24, 2.45) is 0 Å². The predicted octanol–water partition coefficient (Wildman–Crippen LogP) is 4.17. The molecule has 0 saturated heterocycles. The largest absolute Gasteiger partial charge is 0.379 e. The van der Waals surface area contributed by atoms with E-state index in [2.05, 4.69) is 4.98 Å². The van der Waals surface area contributed by atoms with Gasteiger partial charge in [0.1, 0.15) is 5.65 Å². The van der Waals surface area contributed by atoms with Gasteiger partial charge in [-0.3, -0.25) is 18.6 Å². The van der Waals surface area contributed by atoms with E-state index in [1.54, 1.807) is 29.0 Å². The first-order valence-electron chi connectivity index (χ1n) is 10.3. The van der Waals surface area contributed by atoms with Gasteiger partial charge >= 0.3 is 0 Å². The Hall–Kier alpha value is -2.68. The van der Waals surface area contributed by atoms with Gasteiger partial charge in [-0.1, -0.05) is 35.5 Å². The summed E-state index contributed by atoms with van der Waals surface area (Å²) in [5.74, 6) is 0.404. The van der Waals surface area contributed by atoms with Crippen LogP contribution in [0.3, 0.4) is 0 Å². The normalized spacial score (nSPS) is 11.6. The first-order chi connectivity index (χ1) is 15.4. The summed E-state index contributed by atoms with van der Waals surface area (Å²) in [6.07, 6.45) is 2.38.